The molecule has 1 aromatic carbocycles. The van der Waals surface area contributed by atoms with Gasteiger partial charge in [0, 0.05) is 30.1 Å². The molecule has 0 fully saturated rings. The van der Waals surface area contributed by atoms with Gasteiger partial charge >= 0.3 is 0 Å². The number of aldehydes is 1. The van der Waals surface area contributed by atoms with Crippen LogP contribution in [0, 0.1) is 17.0 Å². The average molecular weight is 281 g/mol. The van der Waals surface area contributed by atoms with Crippen LogP contribution in [0.25, 0.3) is 16.9 Å². The third-order valence-corrected chi connectivity index (χ3v) is 3.20. The summed E-state index contributed by atoms with van der Waals surface area (Å²) in [4.78, 5) is 25.9. The third-order valence-electron chi connectivity index (χ3n) is 3.20. The minimum Gasteiger partial charge on any atom is -0.306 e. The molecule has 3 aromatic rings. The molecule has 0 N–H and O–H groups in total. The van der Waals surface area contributed by atoms with E-state index in [1.807, 2.05) is 13.1 Å². The van der Waals surface area contributed by atoms with Crippen LogP contribution >= 0.6 is 0 Å². The second-order valence-corrected chi connectivity index (χ2v) is 4.76. The zero-order valence-electron chi connectivity index (χ0n) is 11.2. The summed E-state index contributed by atoms with van der Waals surface area (Å²) in [6, 6.07) is 8.02. The van der Waals surface area contributed by atoms with E-state index in [0.717, 1.165) is 11.8 Å². The summed E-state index contributed by atoms with van der Waals surface area (Å²) in [5.74, 6) is 0. The van der Waals surface area contributed by atoms with E-state index in [0.29, 0.717) is 22.5 Å². The van der Waals surface area contributed by atoms with Gasteiger partial charge in [-0.3, -0.25) is 14.9 Å². The zero-order chi connectivity index (χ0) is 15.0. The molecule has 2 aromatic heterocycles. The average Bonchev–Trinajstić information content (AvgIpc) is 2.90. The van der Waals surface area contributed by atoms with E-state index < -0.39 is 4.92 Å². The van der Waals surface area contributed by atoms with Crippen molar-refractivity contribution in [1.29, 1.82) is 0 Å². The predicted molar refractivity (Wildman–Crippen MR) is 77.4 cm³/mol. The van der Waals surface area contributed by atoms with E-state index in [-0.39, 0.29) is 5.69 Å². The van der Waals surface area contributed by atoms with Crippen molar-refractivity contribution in [2.45, 2.75) is 6.92 Å². The van der Waals surface area contributed by atoms with Crippen LogP contribution in [0.5, 0.6) is 0 Å². The first-order valence-electron chi connectivity index (χ1n) is 6.28. The summed E-state index contributed by atoms with van der Waals surface area (Å²) in [6.07, 6.45) is 4.37. The number of nitro benzene ring substituents is 1. The van der Waals surface area contributed by atoms with Crippen molar-refractivity contribution in [3.8, 4) is 11.3 Å². The first-order chi connectivity index (χ1) is 10.1. The second-order valence-electron chi connectivity index (χ2n) is 4.76. The fourth-order valence-electron chi connectivity index (χ4n) is 2.28. The van der Waals surface area contributed by atoms with Crippen LogP contribution in [0.1, 0.15) is 15.9 Å². The molecule has 6 heteroatoms. The van der Waals surface area contributed by atoms with Gasteiger partial charge < -0.3 is 4.40 Å². The number of hydrogen-bond acceptors (Lipinski definition) is 4. The van der Waals surface area contributed by atoms with Gasteiger partial charge in [0.2, 0.25) is 0 Å². The summed E-state index contributed by atoms with van der Waals surface area (Å²) < 4.78 is 1.76. The fraction of sp³-hybridized carbons (Fsp3) is 0.0667. The number of nitro groups is 1. The molecule has 0 unspecified atom stereocenters. The molecular weight excluding hydrogens is 270 g/mol. The molecule has 0 aliphatic heterocycles. The Hall–Kier alpha value is -3.02. The molecule has 6 nitrogen and oxygen atoms in total. The third kappa shape index (κ3) is 2.27. The number of aryl methyl sites for hydroxylation is 1. The van der Waals surface area contributed by atoms with Crippen molar-refractivity contribution in [2.24, 2.45) is 0 Å². The van der Waals surface area contributed by atoms with Crippen molar-refractivity contribution in [3.05, 3.63) is 64.0 Å². The lowest BCUT2D eigenvalue weighted by atomic mass is 10.1. The quantitative estimate of drug-likeness (QED) is 0.420. The molecule has 0 bridgehead atoms. The standard InChI is InChI=1S/C15H11N3O3/c1-10-5-12(9-19)15-16-14(8-17(15)7-10)11-3-2-4-13(6-11)18(20)21/h2-9H,1H3. The number of benzene rings is 1. The van der Waals surface area contributed by atoms with Gasteiger partial charge in [0.25, 0.3) is 5.69 Å². The summed E-state index contributed by atoms with van der Waals surface area (Å²) in [5, 5.41) is 10.8. The Balaban J connectivity index is 2.19. The molecule has 0 saturated carbocycles. The van der Waals surface area contributed by atoms with E-state index in [2.05, 4.69) is 4.98 Å². The smallest absolute Gasteiger partial charge is 0.270 e. The molecule has 21 heavy (non-hydrogen) atoms. The number of non-ortho nitro benzene ring substituents is 1. The summed E-state index contributed by atoms with van der Waals surface area (Å²) in [5.41, 5.74) is 3.21. The van der Waals surface area contributed by atoms with Gasteiger partial charge in [-0.25, -0.2) is 4.98 Å². The lowest BCUT2D eigenvalue weighted by molar-refractivity contribution is -0.384. The molecule has 0 aliphatic carbocycles. The van der Waals surface area contributed by atoms with Crippen LogP contribution in [-0.2, 0) is 0 Å². The van der Waals surface area contributed by atoms with Gasteiger partial charge in [0.05, 0.1) is 16.2 Å². The van der Waals surface area contributed by atoms with Crippen molar-refractivity contribution in [3.63, 3.8) is 0 Å². The second kappa shape index (κ2) is 4.82. The molecule has 0 amide bonds. The lowest BCUT2D eigenvalue weighted by Gasteiger charge is -1.98. The van der Waals surface area contributed by atoms with E-state index >= 15 is 0 Å². The van der Waals surface area contributed by atoms with Gasteiger partial charge in [-0.2, -0.15) is 0 Å². The summed E-state index contributed by atoms with van der Waals surface area (Å²) >= 11 is 0. The number of carbonyl (C=O) groups is 1. The molecule has 0 saturated heterocycles. The molecule has 0 radical (unpaired) electrons. The van der Waals surface area contributed by atoms with Crippen molar-refractivity contribution < 1.29 is 9.72 Å². The molecule has 104 valence electrons. The van der Waals surface area contributed by atoms with Crippen molar-refractivity contribution in [2.75, 3.05) is 0 Å². The van der Waals surface area contributed by atoms with E-state index in [4.69, 9.17) is 0 Å². The van der Waals surface area contributed by atoms with Crippen molar-refractivity contribution >= 4 is 17.6 Å². The van der Waals surface area contributed by atoms with E-state index in [1.54, 1.807) is 28.8 Å². The molecule has 0 atom stereocenters. The van der Waals surface area contributed by atoms with Crippen LogP contribution in [0.2, 0.25) is 0 Å². The number of hydrogen-bond donors (Lipinski definition) is 0. The van der Waals surface area contributed by atoms with Gasteiger partial charge in [-0.15, -0.1) is 0 Å². The van der Waals surface area contributed by atoms with Crippen LogP contribution in [0.15, 0.2) is 42.7 Å². The van der Waals surface area contributed by atoms with Gasteiger partial charge in [-0.1, -0.05) is 12.1 Å². The normalized spacial score (nSPS) is 10.7. The SMILES string of the molecule is Cc1cc(C=O)c2nc(-c3cccc([N+](=O)[O-])c3)cn2c1. The van der Waals surface area contributed by atoms with Crippen molar-refractivity contribution in [1.82, 2.24) is 9.38 Å². The summed E-state index contributed by atoms with van der Waals surface area (Å²) in [7, 11) is 0. The first kappa shape index (κ1) is 13.0. The zero-order valence-corrected chi connectivity index (χ0v) is 11.2. The Morgan fingerprint density at radius 1 is 1.29 bits per heavy atom. The van der Waals surface area contributed by atoms with Crippen LogP contribution in [-0.4, -0.2) is 20.6 Å². The molecule has 3 rings (SSSR count). The monoisotopic (exact) mass is 281 g/mol. The highest BCUT2D eigenvalue weighted by molar-refractivity contribution is 5.85. The molecule has 0 spiro atoms. The topological polar surface area (TPSA) is 77.5 Å². The minimum atomic E-state index is -0.444. The fourth-order valence-corrected chi connectivity index (χ4v) is 2.28. The van der Waals surface area contributed by atoms with E-state index in [1.165, 1.54) is 12.1 Å². The summed E-state index contributed by atoms with van der Waals surface area (Å²) in [6.45, 7) is 1.89. The Bertz CT molecular complexity index is 868. The maximum absolute atomic E-state index is 11.1. The maximum atomic E-state index is 11.1. The highest BCUT2D eigenvalue weighted by atomic mass is 16.6. The predicted octanol–water partition coefficient (Wildman–Crippen LogP) is 3.03. The Morgan fingerprint density at radius 3 is 2.81 bits per heavy atom. The number of fused-ring (bicyclic) bond motifs is 1. The highest BCUT2D eigenvalue weighted by Gasteiger charge is 2.12. The van der Waals surface area contributed by atoms with Crippen LogP contribution in [0.3, 0.4) is 0 Å². The minimum absolute atomic E-state index is 0.0105. The van der Waals surface area contributed by atoms with E-state index in [9.17, 15) is 14.9 Å². The van der Waals surface area contributed by atoms with Gasteiger partial charge in [0.1, 0.15) is 5.65 Å². The molecule has 2 heterocycles. The first-order valence-corrected chi connectivity index (χ1v) is 6.28. The number of imidazole rings is 1. The Labute approximate surface area is 119 Å². The van der Waals surface area contributed by atoms with Gasteiger partial charge in [0.15, 0.2) is 6.29 Å². The number of aromatic nitrogens is 2. The number of pyridine rings is 1. The number of carbonyl (C=O) groups excluding carboxylic acids is 1. The molecular formula is C15H11N3O3. The highest BCUT2D eigenvalue weighted by Crippen LogP contribution is 2.24. The largest absolute Gasteiger partial charge is 0.306 e. The lowest BCUT2D eigenvalue weighted by Crippen LogP contribution is -1.91. The maximum Gasteiger partial charge on any atom is 0.270 e. The number of nitrogens with zero attached hydrogens (tertiary/aromatic N) is 3. The van der Waals surface area contributed by atoms with Gasteiger partial charge in [-0.05, 0) is 18.6 Å². The molecule has 0 aliphatic rings. The Morgan fingerprint density at radius 2 is 2.10 bits per heavy atom. The Kier molecular flexibility index (Phi) is 2.98. The number of rotatable bonds is 3. The van der Waals surface area contributed by atoms with Crippen LogP contribution in [0.4, 0.5) is 5.69 Å². The van der Waals surface area contributed by atoms with Crippen LogP contribution < -0.4 is 0 Å².